The zero-order valence-electron chi connectivity index (χ0n) is 10.5. The molecule has 1 aromatic rings. The number of carbonyl (C=O) groups is 1. The topological polar surface area (TPSA) is 65.0 Å². The third-order valence-electron chi connectivity index (χ3n) is 2.43. The molecule has 0 N–H and O–H groups in total. The molecule has 0 fully saturated rings. The number of aryl methyl sites for hydroxylation is 1. The van der Waals surface area contributed by atoms with E-state index in [-0.39, 0.29) is 41.0 Å². The Hall–Kier alpha value is -1.30. The molecule has 1 aliphatic heterocycles. The summed E-state index contributed by atoms with van der Waals surface area (Å²) in [6.07, 6.45) is 0.457. The number of hydrazone groups is 1. The number of hydrogen-bond donors (Lipinski definition) is 0. The molecule has 18 heavy (non-hydrogen) atoms. The SMILES string of the molecule is COC1=NN(c2ccc(C)cc2)C(=O)/C1=C\[O-].[Na+]. The molecule has 1 aromatic carbocycles. The van der Waals surface area contributed by atoms with Gasteiger partial charge in [0.2, 0.25) is 5.90 Å². The predicted octanol–water partition coefficient (Wildman–Crippen LogP) is -2.45. The molecule has 0 spiro atoms. The Morgan fingerprint density at radius 3 is 2.39 bits per heavy atom. The van der Waals surface area contributed by atoms with Crippen molar-refractivity contribution < 1.29 is 44.2 Å². The Morgan fingerprint density at radius 1 is 1.33 bits per heavy atom. The van der Waals surface area contributed by atoms with Gasteiger partial charge in [-0.05, 0) is 19.1 Å². The van der Waals surface area contributed by atoms with Gasteiger partial charge in [-0.1, -0.05) is 17.7 Å². The zero-order chi connectivity index (χ0) is 12.4. The maximum Gasteiger partial charge on any atom is 1.00 e. The largest absolute Gasteiger partial charge is 1.00 e. The number of ether oxygens (including phenoxy) is 1. The minimum absolute atomic E-state index is 0. The summed E-state index contributed by atoms with van der Waals surface area (Å²) in [5.41, 5.74) is 1.62. The second kappa shape index (κ2) is 6.04. The van der Waals surface area contributed by atoms with Crippen molar-refractivity contribution in [1.82, 2.24) is 0 Å². The van der Waals surface area contributed by atoms with Crippen molar-refractivity contribution in [1.29, 1.82) is 0 Å². The fourth-order valence-electron chi connectivity index (χ4n) is 1.51. The van der Waals surface area contributed by atoms with Crippen molar-refractivity contribution in [3.8, 4) is 0 Å². The van der Waals surface area contributed by atoms with Gasteiger partial charge in [0.1, 0.15) is 0 Å². The second-order valence-corrected chi connectivity index (χ2v) is 3.59. The summed E-state index contributed by atoms with van der Waals surface area (Å²) in [4.78, 5) is 11.9. The standard InChI is InChI=1S/C12H12N2O3.Na/c1-8-3-5-9(6-4-8)14-12(16)10(7-15)11(13-14)17-2;/h3-7,15H,1-2H3;/q;+1/p-1/b10-7-;. The van der Waals surface area contributed by atoms with Crippen LogP contribution < -0.4 is 39.7 Å². The van der Waals surface area contributed by atoms with Crippen LogP contribution in [0, 0.1) is 6.92 Å². The molecule has 0 saturated heterocycles. The van der Waals surface area contributed by atoms with E-state index in [1.54, 1.807) is 12.1 Å². The van der Waals surface area contributed by atoms with E-state index in [0.29, 0.717) is 11.9 Å². The van der Waals surface area contributed by atoms with Gasteiger partial charge in [0.15, 0.2) is 0 Å². The van der Waals surface area contributed by atoms with E-state index >= 15 is 0 Å². The molecular weight excluding hydrogens is 243 g/mol. The number of methoxy groups -OCH3 is 1. The Balaban J connectivity index is 0.00000162. The van der Waals surface area contributed by atoms with Crippen molar-refractivity contribution in [2.75, 3.05) is 12.1 Å². The Bertz CT molecular complexity index is 509. The molecule has 2 rings (SSSR count). The van der Waals surface area contributed by atoms with Crippen LogP contribution in [0.15, 0.2) is 41.2 Å². The monoisotopic (exact) mass is 254 g/mol. The Kier molecular flexibility index (Phi) is 4.95. The van der Waals surface area contributed by atoms with E-state index in [1.165, 1.54) is 7.11 Å². The van der Waals surface area contributed by atoms with Crippen LogP contribution in [0.1, 0.15) is 5.56 Å². The summed E-state index contributed by atoms with van der Waals surface area (Å²) in [5.74, 6) is -0.425. The van der Waals surface area contributed by atoms with E-state index in [1.807, 2.05) is 19.1 Å². The van der Waals surface area contributed by atoms with Crippen LogP contribution in [-0.4, -0.2) is 18.9 Å². The summed E-state index contributed by atoms with van der Waals surface area (Å²) in [6.45, 7) is 1.95. The van der Waals surface area contributed by atoms with Crippen molar-refractivity contribution in [3.63, 3.8) is 0 Å². The van der Waals surface area contributed by atoms with E-state index in [9.17, 15) is 9.90 Å². The van der Waals surface area contributed by atoms with Gasteiger partial charge in [0.25, 0.3) is 5.91 Å². The Morgan fingerprint density at radius 2 is 1.94 bits per heavy atom. The van der Waals surface area contributed by atoms with Gasteiger partial charge in [-0.2, -0.15) is 5.01 Å². The third-order valence-corrected chi connectivity index (χ3v) is 2.43. The molecule has 88 valence electrons. The number of carbonyl (C=O) groups excluding carboxylic acids is 1. The van der Waals surface area contributed by atoms with E-state index < -0.39 is 5.91 Å². The molecule has 5 nitrogen and oxygen atoms in total. The molecule has 0 atom stereocenters. The van der Waals surface area contributed by atoms with E-state index in [0.717, 1.165) is 10.6 Å². The molecule has 0 unspecified atom stereocenters. The quantitative estimate of drug-likeness (QED) is 0.317. The molecule has 0 aliphatic carbocycles. The van der Waals surface area contributed by atoms with Gasteiger partial charge in [-0.25, -0.2) is 0 Å². The first-order chi connectivity index (χ1) is 8.17. The number of rotatable bonds is 1. The minimum Gasteiger partial charge on any atom is -0.877 e. The molecular formula is C12H11N2NaO3. The number of nitrogens with zero attached hydrogens (tertiary/aromatic N) is 2. The molecule has 0 saturated carbocycles. The van der Waals surface area contributed by atoms with Gasteiger partial charge in [0, 0.05) is 0 Å². The average molecular weight is 254 g/mol. The van der Waals surface area contributed by atoms with Gasteiger partial charge in [0.05, 0.1) is 18.4 Å². The number of anilines is 1. The molecule has 0 aromatic heterocycles. The van der Waals surface area contributed by atoms with Crippen molar-refractivity contribution >= 4 is 17.5 Å². The first kappa shape index (κ1) is 14.8. The van der Waals surface area contributed by atoms with Crippen LogP contribution in [0.3, 0.4) is 0 Å². The maximum absolute atomic E-state index is 11.9. The average Bonchev–Trinajstić information content (AvgIpc) is 2.66. The summed E-state index contributed by atoms with van der Waals surface area (Å²) >= 11 is 0. The summed E-state index contributed by atoms with van der Waals surface area (Å²) in [7, 11) is 1.37. The van der Waals surface area contributed by atoms with E-state index in [2.05, 4.69) is 5.10 Å². The fourth-order valence-corrected chi connectivity index (χ4v) is 1.51. The number of amides is 1. The first-order valence-electron chi connectivity index (χ1n) is 5.03. The summed E-state index contributed by atoms with van der Waals surface area (Å²) in [5, 5.41) is 15.9. The predicted molar refractivity (Wildman–Crippen MR) is 61.2 cm³/mol. The number of hydrogen-bond acceptors (Lipinski definition) is 4. The minimum atomic E-state index is -0.472. The fraction of sp³-hybridized carbons (Fsp3) is 0.167. The van der Waals surface area contributed by atoms with Gasteiger partial charge in [-0.15, -0.1) is 11.4 Å². The third kappa shape index (κ3) is 2.58. The van der Waals surface area contributed by atoms with Crippen LogP contribution in [0.25, 0.3) is 0 Å². The van der Waals surface area contributed by atoms with Gasteiger partial charge >= 0.3 is 29.6 Å². The maximum atomic E-state index is 11.9. The van der Waals surface area contributed by atoms with Gasteiger partial charge < -0.3 is 9.84 Å². The van der Waals surface area contributed by atoms with Crippen LogP contribution in [0.4, 0.5) is 5.69 Å². The second-order valence-electron chi connectivity index (χ2n) is 3.59. The molecule has 1 amide bonds. The van der Waals surface area contributed by atoms with Crippen molar-refractivity contribution in [3.05, 3.63) is 41.7 Å². The molecule has 6 heteroatoms. The smallest absolute Gasteiger partial charge is 0.877 e. The van der Waals surface area contributed by atoms with E-state index in [4.69, 9.17) is 4.74 Å². The summed E-state index contributed by atoms with van der Waals surface area (Å²) in [6, 6.07) is 7.25. The molecule has 1 aliphatic rings. The van der Waals surface area contributed by atoms with Crippen LogP contribution in [0.5, 0.6) is 0 Å². The molecule has 1 heterocycles. The molecule has 0 radical (unpaired) electrons. The molecule has 0 bridgehead atoms. The van der Waals surface area contributed by atoms with Crippen molar-refractivity contribution in [2.45, 2.75) is 6.92 Å². The van der Waals surface area contributed by atoms with Crippen LogP contribution in [0.2, 0.25) is 0 Å². The normalized spacial score (nSPS) is 16.6. The van der Waals surface area contributed by atoms with Crippen molar-refractivity contribution in [2.24, 2.45) is 5.10 Å². The van der Waals surface area contributed by atoms with Gasteiger partial charge in [-0.3, -0.25) is 4.79 Å². The number of benzene rings is 1. The van der Waals surface area contributed by atoms with Crippen LogP contribution >= 0.6 is 0 Å². The van der Waals surface area contributed by atoms with Crippen LogP contribution in [-0.2, 0) is 9.53 Å². The Labute approximate surface area is 127 Å². The summed E-state index contributed by atoms with van der Waals surface area (Å²) < 4.78 is 4.88. The first-order valence-corrected chi connectivity index (χ1v) is 5.03. The zero-order valence-corrected chi connectivity index (χ0v) is 12.5.